The zero-order valence-electron chi connectivity index (χ0n) is 16.9. The number of sulfonamides is 1. The van der Waals surface area contributed by atoms with Gasteiger partial charge >= 0.3 is 0 Å². The summed E-state index contributed by atoms with van der Waals surface area (Å²) < 4.78 is 32.6. The quantitative estimate of drug-likeness (QED) is 0.591. The van der Waals surface area contributed by atoms with Crippen molar-refractivity contribution in [1.82, 2.24) is 14.4 Å². The van der Waals surface area contributed by atoms with Crippen molar-refractivity contribution in [3.05, 3.63) is 77.0 Å². The molecule has 1 saturated heterocycles. The first-order valence-electron chi connectivity index (χ1n) is 10.1. The Hall–Kier alpha value is -2.77. The maximum absolute atomic E-state index is 12.8. The van der Waals surface area contributed by atoms with Gasteiger partial charge in [0.25, 0.3) is 0 Å². The molecule has 6 nitrogen and oxygen atoms in total. The SMILES string of the molecule is Cc1ccccc1-c1noc(CC2CCCN(S(=O)(=O)C=Cc3ccccc3)C2)n1. The molecule has 2 aromatic carbocycles. The molecule has 0 aliphatic carbocycles. The second-order valence-corrected chi connectivity index (χ2v) is 9.47. The number of rotatable bonds is 6. The number of hydrogen-bond acceptors (Lipinski definition) is 5. The zero-order chi connectivity index (χ0) is 21.0. The van der Waals surface area contributed by atoms with Crippen LogP contribution in [0.25, 0.3) is 17.5 Å². The van der Waals surface area contributed by atoms with Crippen LogP contribution in [0.5, 0.6) is 0 Å². The van der Waals surface area contributed by atoms with E-state index in [0.717, 1.165) is 29.5 Å². The van der Waals surface area contributed by atoms with Crippen molar-refractivity contribution in [3.63, 3.8) is 0 Å². The van der Waals surface area contributed by atoms with Crippen molar-refractivity contribution < 1.29 is 12.9 Å². The molecule has 2 heterocycles. The van der Waals surface area contributed by atoms with Crippen molar-refractivity contribution in [2.45, 2.75) is 26.2 Å². The first-order valence-corrected chi connectivity index (χ1v) is 11.6. The van der Waals surface area contributed by atoms with Gasteiger partial charge in [0.15, 0.2) is 0 Å². The van der Waals surface area contributed by atoms with Crippen LogP contribution in [0, 0.1) is 12.8 Å². The van der Waals surface area contributed by atoms with Crippen LogP contribution in [-0.4, -0.2) is 36.0 Å². The fourth-order valence-corrected chi connectivity index (χ4v) is 5.06. The predicted molar refractivity (Wildman–Crippen MR) is 117 cm³/mol. The molecule has 0 N–H and O–H groups in total. The van der Waals surface area contributed by atoms with Gasteiger partial charge in [0.05, 0.1) is 0 Å². The van der Waals surface area contributed by atoms with Crippen LogP contribution >= 0.6 is 0 Å². The number of hydrogen-bond donors (Lipinski definition) is 0. The second kappa shape index (κ2) is 8.93. The molecule has 1 fully saturated rings. The Balaban J connectivity index is 1.42. The molecule has 7 heteroatoms. The summed E-state index contributed by atoms with van der Waals surface area (Å²) in [5, 5.41) is 5.41. The highest BCUT2D eigenvalue weighted by molar-refractivity contribution is 7.92. The van der Waals surface area contributed by atoms with Crippen LogP contribution in [0.4, 0.5) is 0 Å². The van der Waals surface area contributed by atoms with Crippen LogP contribution in [0.15, 0.2) is 64.5 Å². The van der Waals surface area contributed by atoms with Crippen molar-refractivity contribution in [2.24, 2.45) is 5.92 Å². The lowest BCUT2D eigenvalue weighted by Gasteiger charge is -2.30. The van der Waals surface area contributed by atoms with E-state index in [0.29, 0.717) is 31.2 Å². The van der Waals surface area contributed by atoms with Crippen LogP contribution < -0.4 is 0 Å². The van der Waals surface area contributed by atoms with Gasteiger partial charge in [-0.2, -0.15) is 9.29 Å². The van der Waals surface area contributed by atoms with Gasteiger partial charge in [-0.3, -0.25) is 0 Å². The summed E-state index contributed by atoms with van der Waals surface area (Å²) in [6, 6.07) is 17.4. The molecule has 0 radical (unpaired) electrons. The van der Waals surface area contributed by atoms with E-state index in [9.17, 15) is 8.42 Å². The number of aromatic nitrogens is 2. The second-order valence-electron chi connectivity index (χ2n) is 7.66. The van der Waals surface area contributed by atoms with Gasteiger partial charge in [-0.15, -0.1) is 0 Å². The molecule has 30 heavy (non-hydrogen) atoms. The first-order chi connectivity index (χ1) is 14.5. The number of nitrogens with zero attached hydrogens (tertiary/aromatic N) is 3. The third kappa shape index (κ3) is 4.86. The zero-order valence-corrected chi connectivity index (χ0v) is 17.8. The highest BCUT2D eigenvalue weighted by Gasteiger charge is 2.28. The fraction of sp³-hybridized carbons (Fsp3) is 0.304. The number of benzene rings is 2. The van der Waals surface area contributed by atoms with E-state index < -0.39 is 10.0 Å². The Morgan fingerprint density at radius 3 is 2.70 bits per heavy atom. The largest absolute Gasteiger partial charge is 0.339 e. The Morgan fingerprint density at radius 2 is 1.90 bits per heavy atom. The predicted octanol–water partition coefficient (Wildman–Crippen LogP) is 4.30. The van der Waals surface area contributed by atoms with Gasteiger partial charge < -0.3 is 4.52 Å². The average Bonchev–Trinajstić information content (AvgIpc) is 3.22. The third-order valence-corrected chi connectivity index (χ3v) is 6.92. The lowest BCUT2D eigenvalue weighted by atomic mass is 9.96. The van der Waals surface area contributed by atoms with Crippen LogP contribution in [-0.2, 0) is 16.4 Å². The number of piperidine rings is 1. The Morgan fingerprint density at radius 1 is 1.13 bits per heavy atom. The minimum atomic E-state index is -3.46. The molecule has 1 aliphatic heterocycles. The number of aryl methyl sites for hydroxylation is 1. The first kappa shape index (κ1) is 20.5. The lowest BCUT2D eigenvalue weighted by Crippen LogP contribution is -2.39. The molecule has 0 spiro atoms. The summed E-state index contributed by atoms with van der Waals surface area (Å²) in [6.07, 6.45) is 3.98. The summed E-state index contributed by atoms with van der Waals surface area (Å²) >= 11 is 0. The van der Waals surface area contributed by atoms with Gasteiger partial charge in [0.1, 0.15) is 0 Å². The summed E-state index contributed by atoms with van der Waals surface area (Å²) in [5.41, 5.74) is 2.90. The van der Waals surface area contributed by atoms with Gasteiger partial charge in [-0.1, -0.05) is 59.8 Å². The van der Waals surface area contributed by atoms with E-state index in [1.165, 1.54) is 5.41 Å². The van der Waals surface area contributed by atoms with E-state index in [1.807, 2.05) is 61.5 Å². The maximum atomic E-state index is 12.8. The topological polar surface area (TPSA) is 76.3 Å². The molecular weight excluding hydrogens is 398 g/mol. The van der Waals surface area contributed by atoms with Crippen molar-refractivity contribution in [1.29, 1.82) is 0 Å². The fourth-order valence-electron chi connectivity index (χ4n) is 3.76. The Kier molecular flexibility index (Phi) is 6.11. The summed E-state index contributed by atoms with van der Waals surface area (Å²) in [7, 11) is -3.46. The van der Waals surface area contributed by atoms with E-state index in [1.54, 1.807) is 10.4 Å². The molecule has 1 aliphatic rings. The molecule has 0 amide bonds. The lowest BCUT2D eigenvalue weighted by molar-refractivity contribution is 0.248. The molecular formula is C23H25N3O3S. The highest BCUT2D eigenvalue weighted by Crippen LogP contribution is 2.25. The molecule has 0 bridgehead atoms. The highest BCUT2D eigenvalue weighted by atomic mass is 32.2. The smallest absolute Gasteiger partial charge is 0.236 e. The monoisotopic (exact) mass is 423 g/mol. The molecule has 1 atom stereocenters. The van der Waals surface area contributed by atoms with Gasteiger partial charge in [-0.25, -0.2) is 8.42 Å². The molecule has 1 aromatic heterocycles. The summed E-state index contributed by atoms with van der Waals surface area (Å²) in [5.74, 6) is 1.29. The summed E-state index contributed by atoms with van der Waals surface area (Å²) in [4.78, 5) is 4.54. The normalized spacial score (nSPS) is 18.1. The standard InChI is InChI=1S/C23H25N3O3S/c1-18-8-5-6-12-21(18)23-24-22(29-25-23)16-20-11-7-14-26(17-20)30(27,28)15-13-19-9-3-2-4-10-19/h2-6,8-10,12-13,15,20H,7,11,14,16-17H2,1H3. The Labute approximate surface area is 177 Å². The van der Waals surface area contributed by atoms with Crippen LogP contribution in [0.3, 0.4) is 0 Å². The molecule has 0 saturated carbocycles. The van der Waals surface area contributed by atoms with Gasteiger partial charge in [0, 0.05) is 30.5 Å². The van der Waals surface area contributed by atoms with Crippen LogP contribution in [0.1, 0.15) is 29.9 Å². The van der Waals surface area contributed by atoms with E-state index >= 15 is 0 Å². The van der Waals surface area contributed by atoms with Crippen LogP contribution in [0.2, 0.25) is 0 Å². The minimum Gasteiger partial charge on any atom is -0.339 e. The minimum absolute atomic E-state index is 0.156. The van der Waals surface area contributed by atoms with Crippen molar-refractivity contribution in [3.8, 4) is 11.4 Å². The molecule has 3 aromatic rings. The molecule has 1 unspecified atom stereocenters. The van der Waals surface area contributed by atoms with E-state index in [4.69, 9.17) is 4.52 Å². The van der Waals surface area contributed by atoms with Crippen molar-refractivity contribution >= 4 is 16.1 Å². The van der Waals surface area contributed by atoms with Gasteiger partial charge in [0.2, 0.25) is 21.7 Å². The summed E-state index contributed by atoms with van der Waals surface area (Å²) in [6.45, 7) is 3.01. The molecule has 4 rings (SSSR count). The molecule has 156 valence electrons. The van der Waals surface area contributed by atoms with E-state index in [2.05, 4.69) is 10.1 Å². The Bertz CT molecular complexity index is 1120. The van der Waals surface area contributed by atoms with E-state index in [-0.39, 0.29) is 5.92 Å². The van der Waals surface area contributed by atoms with Gasteiger partial charge in [-0.05, 0) is 42.9 Å². The van der Waals surface area contributed by atoms with Crippen molar-refractivity contribution in [2.75, 3.05) is 13.1 Å². The third-order valence-electron chi connectivity index (χ3n) is 5.39. The maximum Gasteiger partial charge on any atom is 0.236 e. The average molecular weight is 424 g/mol.